The van der Waals surface area contributed by atoms with Crippen molar-refractivity contribution in [2.75, 3.05) is 38.5 Å². The summed E-state index contributed by atoms with van der Waals surface area (Å²) in [4.78, 5) is 21.6. The molecule has 0 aliphatic carbocycles. The van der Waals surface area contributed by atoms with Crippen LogP contribution in [0.3, 0.4) is 0 Å². The molecule has 2 aliphatic rings. The van der Waals surface area contributed by atoms with Gasteiger partial charge in [0.05, 0.1) is 17.8 Å². The summed E-state index contributed by atoms with van der Waals surface area (Å²) in [5.41, 5.74) is 5.16. The van der Waals surface area contributed by atoms with Crippen molar-refractivity contribution in [3.63, 3.8) is 0 Å². The minimum absolute atomic E-state index is 0.0712. The Kier molecular flexibility index (Phi) is 7.56. The van der Waals surface area contributed by atoms with Gasteiger partial charge in [0.1, 0.15) is 0 Å². The molecule has 0 N–H and O–H groups in total. The minimum atomic E-state index is 0.0712. The fourth-order valence-corrected chi connectivity index (χ4v) is 4.57. The van der Waals surface area contributed by atoms with Crippen LogP contribution in [0, 0.1) is 0 Å². The van der Waals surface area contributed by atoms with Gasteiger partial charge in [-0.2, -0.15) is 0 Å². The van der Waals surface area contributed by atoms with Gasteiger partial charge in [-0.15, -0.1) is 0 Å². The molecule has 1 amide bonds. The molecule has 6 heteroatoms. The zero-order valence-corrected chi connectivity index (χ0v) is 18.7. The Labute approximate surface area is 179 Å². The Hall–Kier alpha value is -2.05. The van der Waals surface area contributed by atoms with Crippen molar-refractivity contribution >= 4 is 17.9 Å². The first-order valence-corrected chi connectivity index (χ1v) is 11.3. The van der Waals surface area contributed by atoms with E-state index in [1.807, 2.05) is 35.9 Å². The van der Waals surface area contributed by atoms with E-state index in [9.17, 15) is 4.79 Å². The Balaban J connectivity index is 1.53. The minimum Gasteiger partial charge on any atom is -0.368 e. The standard InChI is InChI=1S/C23H32N4OS/c1-5-18(2)15-19(3)20(4)25-10-12-26(13-11-25)23(28)21-7-8-22(24-16-21)17-27-9-6-14-29-27/h5,7-8,15-16H,4,6,9-14,17H2,1-3H3/b18-5-,19-15-. The summed E-state index contributed by atoms with van der Waals surface area (Å²) >= 11 is 1.88. The first kappa shape index (κ1) is 21.7. The highest BCUT2D eigenvalue weighted by atomic mass is 32.2. The zero-order chi connectivity index (χ0) is 20.8. The molecule has 3 rings (SSSR count). The van der Waals surface area contributed by atoms with Crippen molar-refractivity contribution < 1.29 is 4.79 Å². The van der Waals surface area contributed by atoms with Gasteiger partial charge in [0.25, 0.3) is 5.91 Å². The Morgan fingerprint density at radius 3 is 2.48 bits per heavy atom. The number of allylic oxidation sites excluding steroid dienone is 4. The number of carbonyl (C=O) groups excluding carboxylic acids is 1. The molecule has 2 fully saturated rings. The molecule has 1 aromatic heterocycles. The summed E-state index contributed by atoms with van der Waals surface area (Å²) in [7, 11) is 0. The van der Waals surface area contributed by atoms with E-state index in [-0.39, 0.29) is 5.91 Å². The van der Waals surface area contributed by atoms with Crippen LogP contribution in [0.5, 0.6) is 0 Å². The van der Waals surface area contributed by atoms with E-state index in [0.717, 1.165) is 37.6 Å². The molecular formula is C23H32N4OS. The first-order chi connectivity index (χ1) is 14.0. The van der Waals surface area contributed by atoms with Crippen molar-refractivity contribution in [3.8, 4) is 0 Å². The van der Waals surface area contributed by atoms with Gasteiger partial charge >= 0.3 is 0 Å². The Bertz CT molecular complexity index is 786. The fourth-order valence-electron chi connectivity index (χ4n) is 3.57. The van der Waals surface area contributed by atoms with Crippen LogP contribution < -0.4 is 0 Å². The van der Waals surface area contributed by atoms with Crippen LogP contribution in [0.15, 0.2) is 53.9 Å². The molecule has 29 heavy (non-hydrogen) atoms. The van der Waals surface area contributed by atoms with E-state index >= 15 is 0 Å². The van der Waals surface area contributed by atoms with Gasteiger partial charge in [-0.25, -0.2) is 4.31 Å². The third-order valence-corrected chi connectivity index (χ3v) is 6.69. The van der Waals surface area contributed by atoms with Gasteiger partial charge in [0.15, 0.2) is 0 Å². The van der Waals surface area contributed by atoms with Crippen LogP contribution in [-0.2, 0) is 6.54 Å². The molecule has 0 radical (unpaired) electrons. The van der Waals surface area contributed by atoms with E-state index < -0.39 is 0 Å². The van der Waals surface area contributed by atoms with Crippen molar-refractivity contribution in [2.24, 2.45) is 0 Å². The topological polar surface area (TPSA) is 39.7 Å². The molecule has 5 nitrogen and oxygen atoms in total. The van der Waals surface area contributed by atoms with Gasteiger partial charge < -0.3 is 9.80 Å². The number of hydrogen-bond acceptors (Lipinski definition) is 5. The highest BCUT2D eigenvalue weighted by Gasteiger charge is 2.23. The monoisotopic (exact) mass is 412 g/mol. The molecular weight excluding hydrogens is 380 g/mol. The lowest BCUT2D eigenvalue weighted by Crippen LogP contribution is -2.48. The number of piperazine rings is 1. The predicted octanol–water partition coefficient (Wildman–Crippen LogP) is 4.12. The maximum absolute atomic E-state index is 12.9. The van der Waals surface area contributed by atoms with E-state index in [2.05, 4.69) is 46.8 Å². The van der Waals surface area contributed by atoms with Crippen LogP contribution in [0.4, 0.5) is 0 Å². The van der Waals surface area contributed by atoms with Crippen LogP contribution in [-0.4, -0.2) is 63.5 Å². The Morgan fingerprint density at radius 1 is 1.17 bits per heavy atom. The summed E-state index contributed by atoms with van der Waals surface area (Å²) in [5.74, 6) is 1.26. The average molecular weight is 413 g/mol. The second-order valence-electron chi connectivity index (χ2n) is 7.67. The summed E-state index contributed by atoms with van der Waals surface area (Å²) in [5, 5.41) is 0. The van der Waals surface area contributed by atoms with E-state index in [1.165, 1.54) is 23.3 Å². The van der Waals surface area contributed by atoms with Gasteiger partial charge in [0, 0.05) is 50.4 Å². The molecule has 2 aliphatic heterocycles. The molecule has 3 heterocycles. The molecule has 0 saturated carbocycles. The number of rotatable bonds is 6. The largest absolute Gasteiger partial charge is 0.368 e. The SMILES string of the molecule is C=C(/C(C)=C\C(C)=C/C)N1CCN(C(=O)c2ccc(CN3CCCS3)nc2)CC1. The number of pyridine rings is 1. The molecule has 0 aromatic carbocycles. The van der Waals surface area contributed by atoms with Gasteiger partial charge in [-0.3, -0.25) is 9.78 Å². The number of amides is 1. The van der Waals surface area contributed by atoms with Crippen LogP contribution >= 0.6 is 11.9 Å². The first-order valence-electron chi connectivity index (χ1n) is 10.4. The quantitative estimate of drug-likeness (QED) is 0.519. The van der Waals surface area contributed by atoms with Crippen molar-refractivity contribution in [1.82, 2.24) is 19.1 Å². The normalized spacial score (nSPS) is 19.0. The van der Waals surface area contributed by atoms with E-state index in [0.29, 0.717) is 18.7 Å². The molecule has 2 saturated heterocycles. The van der Waals surface area contributed by atoms with Gasteiger partial charge in [-0.1, -0.05) is 36.3 Å². The lowest BCUT2D eigenvalue weighted by molar-refractivity contribution is 0.0671. The smallest absolute Gasteiger partial charge is 0.255 e. The molecule has 0 unspecified atom stereocenters. The summed E-state index contributed by atoms with van der Waals surface area (Å²) in [6.45, 7) is 15.5. The van der Waals surface area contributed by atoms with Crippen molar-refractivity contribution in [2.45, 2.75) is 33.7 Å². The molecule has 0 bridgehead atoms. The molecule has 1 aromatic rings. The van der Waals surface area contributed by atoms with Crippen molar-refractivity contribution in [1.29, 1.82) is 0 Å². The van der Waals surface area contributed by atoms with Crippen molar-refractivity contribution in [3.05, 3.63) is 65.2 Å². The maximum Gasteiger partial charge on any atom is 0.255 e. The van der Waals surface area contributed by atoms with Gasteiger partial charge in [-0.05, 0) is 44.9 Å². The van der Waals surface area contributed by atoms with Crippen LogP contribution in [0.25, 0.3) is 0 Å². The van der Waals surface area contributed by atoms with E-state index in [4.69, 9.17) is 0 Å². The molecule has 0 spiro atoms. The highest BCUT2D eigenvalue weighted by Crippen LogP contribution is 2.22. The maximum atomic E-state index is 12.9. The number of hydrogen-bond donors (Lipinski definition) is 0. The third kappa shape index (κ3) is 5.73. The number of carbonyl (C=O) groups is 1. The lowest BCUT2D eigenvalue weighted by Gasteiger charge is -2.37. The molecule has 0 atom stereocenters. The van der Waals surface area contributed by atoms with Gasteiger partial charge in [0.2, 0.25) is 0 Å². The summed E-state index contributed by atoms with van der Waals surface area (Å²) in [6, 6.07) is 3.91. The molecule has 156 valence electrons. The average Bonchev–Trinajstić information content (AvgIpc) is 3.26. The zero-order valence-electron chi connectivity index (χ0n) is 17.9. The predicted molar refractivity (Wildman–Crippen MR) is 122 cm³/mol. The highest BCUT2D eigenvalue weighted by molar-refractivity contribution is 7.97. The number of aromatic nitrogens is 1. The van der Waals surface area contributed by atoms with E-state index in [1.54, 1.807) is 6.20 Å². The van der Waals surface area contributed by atoms with Crippen LogP contribution in [0.1, 0.15) is 43.2 Å². The second-order valence-corrected chi connectivity index (χ2v) is 8.86. The van der Waals surface area contributed by atoms with Crippen LogP contribution in [0.2, 0.25) is 0 Å². The Morgan fingerprint density at radius 2 is 1.90 bits per heavy atom. The number of nitrogens with zero attached hydrogens (tertiary/aromatic N) is 4. The lowest BCUT2D eigenvalue weighted by atomic mass is 10.1. The third-order valence-electron chi connectivity index (χ3n) is 5.54. The summed E-state index contributed by atoms with van der Waals surface area (Å²) < 4.78 is 2.34. The second kappa shape index (κ2) is 10.1. The summed E-state index contributed by atoms with van der Waals surface area (Å²) in [6.07, 6.45) is 7.23. The fraction of sp³-hybridized carbons (Fsp3) is 0.478.